The topological polar surface area (TPSA) is 67.2 Å². The van der Waals surface area contributed by atoms with Crippen molar-refractivity contribution in [3.05, 3.63) is 29.7 Å². The number of nitrogens with one attached hydrogen (secondary N) is 2. The quantitative estimate of drug-likeness (QED) is 0.788. The molecule has 0 aliphatic heterocycles. The molecule has 5 nitrogen and oxygen atoms in total. The standard InChI is InChI=1S/C12H15N3O2/c1-7(12(16)15-13-3)9-4-5-11-10(6-9)14-8(2)17-11/h4-7,13H,1-3H3,(H,15,16). The van der Waals surface area contributed by atoms with Crippen molar-refractivity contribution in [3.8, 4) is 0 Å². The van der Waals surface area contributed by atoms with Crippen LogP contribution in [0.4, 0.5) is 0 Å². The van der Waals surface area contributed by atoms with E-state index in [1.807, 2.05) is 25.1 Å². The van der Waals surface area contributed by atoms with Crippen molar-refractivity contribution in [2.45, 2.75) is 19.8 Å². The van der Waals surface area contributed by atoms with Gasteiger partial charge in [-0.25, -0.2) is 10.4 Å². The molecule has 0 saturated heterocycles. The fourth-order valence-corrected chi connectivity index (χ4v) is 1.71. The van der Waals surface area contributed by atoms with Crippen molar-refractivity contribution in [1.29, 1.82) is 0 Å². The lowest BCUT2D eigenvalue weighted by atomic mass is 10.0. The van der Waals surface area contributed by atoms with Gasteiger partial charge in [0.05, 0.1) is 5.92 Å². The first-order valence-corrected chi connectivity index (χ1v) is 5.45. The number of aryl methyl sites for hydroxylation is 1. The molecule has 1 unspecified atom stereocenters. The van der Waals surface area contributed by atoms with Crippen LogP contribution >= 0.6 is 0 Å². The molecule has 90 valence electrons. The second kappa shape index (κ2) is 4.55. The van der Waals surface area contributed by atoms with Crippen LogP contribution in [-0.2, 0) is 4.79 Å². The molecule has 1 aromatic carbocycles. The Morgan fingerprint density at radius 2 is 2.24 bits per heavy atom. The summed E-state index contributed by atoms with van der Waals surface area (Å²) in [5.41, 5.74) is 7.63. The number of hydrazine groups is 1. The van der Waals surface area contributed by atoms with Crippen LogP contribution in [0.2, 0.25) is 0 Å². The first kappa shape index (κ1) is 11.6. The van der Waals surface area contributed by atoms with E-state index in [2.05, 4.69) is 15.8 Å². The van der Waals surface area contributed by atoms with E-state index in [9.17, 15) is 4.79 Å². The van der Waals surface area contributed by atoms with Crippen LogP contribution in [0.25, 0.3) is 11.1 Å². The van der Waals surface area contributed by atoms with Crippen LogP contribution in [0.3, 0.4) is 0 Å². The Bertz CT molecular complexity index is 548. The van der Waals surface area contributed by atoms with E-state index < -0.39 is 0 Å². The summed E-state index contributed by atoms with van der Waals surface area (Å²) in [5.74, 6) is 0.320. The van der Waals surface area contributed by atoms with E-state index in [1.165, 1.54) is 0 Å². The van der Waals surface area contributed by atoms with Gasteiger partial charge in [-0.2, -0.15) is 0 Å². The number of nitrogens with zero attached hydrogens (tertiary/aromatic N) is 1. The maximum atomic E-state index is 11.7. The normalized spacial score (nSPS) is 12.6. The van der Waals surface area contributed by atoms with Crippen molar-refractivity contribution in [3.63, 3.8) is 0 Å². The predicted octanol–water partition coefficient (Wildman–Crippen LogP) is 1.49. The molecule has 1 heterocycles. The zero-order valence-corrected chi connectivity index (χ0v) is 10.1. The van der Waals surface area contributed by atoms with Gasteiger partial charge in [-0.05, 0) is 24.6 Å². The smallest absolute Gasteiger partial charge is 0.241 e. The Balaban J connectivity index is 2.32. The number of oxazole rings is 1. The fraction of sp³-hybridized carbons (Fsp3) is 0.333. The van der Waals surface area contributed by atoms with Gasteiger partial charge in [-0.1, -0.05) is 6.07 Å². The van der Waals surface area contributed by atoms with Gasteiger partial charge in [-0.15, -0.1) is 0 Å². The zero-order chi connectivity index (χ0) is 12.4. The highest BCUT2D eigenvalue weighted by Crippen LogP contribution is 2.22. The molecule has 0 spiro atoms. The molecule has 0 aliphatic carbocycles. The third kappa shape index (κ3) is 2.29. The van der Waals surface area contributed by atoms with Crippen LogP contribution < -0.4 is 10.9 Å². The number of benzene rings is 1. The van der Waals surface area contributed by atoms with E-state index in [1.54, 1.807) is 14.0 Å². The van der Waals surface area contributed by atoms with Crippen molar-refractivity contribution in [2.24, 2.45) is 0 Å². The zero-order valence-electron chi connectivity index (χ0n) is 10.1. The number of carbonyl (C=O) groups excluding carboxylic acids is 1. The van der Waals surface area contributed by atoms with Crippen molar-refractivity contribution >= 4 is 17.0 Å². The lowest BCUT2D eigenvalue weighted by Gasteiger charge is -2.11. The third-order valence-corrected chi connectivity index (χ3v) is 2.66. The van der Waals surface area contributed by atoms with E-state index in [-0.39, 0.29) is 11.8 Å². The molecular formula is C12H15N3O2. The van der Waals surface area contributed by atoms with Gasteiger partial charge in [0.2, 0.25) is 5.91 Å². The van der Waals surface area contributed by atoms with Crippen LogP contribution in [0.1, 0.15) is 24.3 Å². The van der Waals surface area contributed by atoms with Gasteiger partial charge in [0, 0.05) is 14.0 Å². The van der Waals surface area contributed by atoms with Crippen molar-refractivity contribution < 1.29 is 9.21 Å². The monoisotopic (exact) mass is 233 g/mol. The van der Waals surface area contributed by atoms with Gasteiger partial charge in [-0.3, -0.25) is 10.2 Å². The molecule has 0 radical (unpaired) electrons. The van der Waals surface area contributed by atoms with Gasteiger partial charge in [0.15, 0.2) is 11.5 Å². The summed E-state index contributed by atoms with van der Waals surface area (Å²) < 4.78 is 5.39. The molecule has 1 aromatic heterocycles. The third-order valence-electron chi connectivity index (χ3n) is 2.66. The summed E-state index contributed by atoms with van der Waals surface area (Å²) in [6, 6.07) is 5.60. The van der Waals surface area contributed by atoms with E-state index in [0.717, 1.165) is 16.7 Å². The maximum absolute atomic E-state index is 11.7. The summed E-state index contributed by atoms with van der Waals surface area (Å²) in [5, 5.41) is 0. The van der Waals surface area contributed by atoms with Crippen LogP contribution in [0.5, 0.6) is 0 Å². The van der Waals surface area contributed by atoms with Crippen molar-refractivity contribution in [2.75, 3.05) is 7.05 Å². The number of hydrogen-bond donors (Lipinski definition) is 2. The molecule has 1 atom stereocenters. The summed E-state index contributed by atoms with van der Waals surface area (Å²) in [4.78, 5) is 15.9. The van der Waals surface area contributed by atoms with Crippen molar-refractivity contribution in [1.82, 2.24) is 15.8 Å². The first-order valence-electron chi connectivity index (χ1n) is 5.45. The molecule has 2 rings (SSSR count). The summed E-state index contributed by atoms with van der Waals surface area (Å²) in [6.07, 6.45) is 0. The van der Waals surface area contributed by atoms with E-state index in [0.29, 0.717) is 5.89 Å². The minimum absolute atomic E-state index is 0.0768. The Morgan fingerprint density at radius 1 is 1.47 bits per heavy atom. The molecule has 2 N–H and O–H groups in total. The Morgan fingerprint density at radius 3 is 2.94 bits per heavy atom. The second-order valence-corrected chi connectivity index (χ2v) is 3.92. The largest absolute Gasteiger partial charge is 0.441 e. The lowest BCUT2D eigenvalue weighted by molar-refractivity contribution is -0.123. The predicted molar refractivity (Wildman–Crippen MR) is 64.4 cm³/mol. The molecule has 0 fully saturated rings. The lowest BCUT2D eigenvalue weighted by Crippen LogP contribution is -2.37. The number of hydrogen-bond acceptors (Lipinski definition) is 4. The van der Waals surface area contributed by atoms with Gasteiger partial charge >= 0.3 is 0 Å². The summed E-state index contributed by atoms with van der Waals surface area (Å²) in [7, 11) is 1.66. The Kier molecular flexibility index (Phi) is 3.10. The molecule has 2 aromatic rings. The minimum atomic E-state index is -0.233. The maximum Gasteiger partial charge on any atom is 0.241 e. The minimum Gasteiger partial charge on any atom is -0.441 e. The molecule has 0 aliphatic rings. The Labute approximate surface area is 99.2 Å². The average Bonchev–Trinajstić information content (AvgIpc) is 2.67. The van der Waals surface area contributed by atoms with Crippen LogP contribution in [0.15, 0.2) is 22.6 Å². The highest BCUT2D eigenvalue weighted by molar-refractivity contribution is 5.84. The number of aromatic nitrogens is 1. The fourth-order valence-electron chi connectivity index (χ4n) is 1.71. The van der Waals surface area contributed by atoms with E-state index in [4.69, 9.17) is 4.42 Å². The SMILES string of the molecule is CNNC(=O)C(C)c1ccc2oc(C)nc2c1. The van der Waals surface area contributed by atoms with Gasteiger partial charge < -0.3 is 4.42 Å². The van der Waals surface area contributed by atoms with Crippen LogP contribution in [0, 0.1) is 6.92 Å². The highest BCUT2D eigenvalue weighted by atomic mass is 16.3. The second-order valence-electron chi connectivity index (χ2n) is 3.92. The van der Waals surface area contributed by atoms with Gasteiger partial charge in [0.25, 0.3) is 0 Å². The van der Waals surface area contributed by atoms with Gasteiger partial charge in [0.1, 0.15) is 5.52 Å². The summed E-state index contributed by atoms with van der Waals surface area (Å²) in [6.45, 7) is 3.65. The van der Waals surface area contributed by atoms with Crippen LogP contribution in [-0.4, -0.2) is 17.9 Å². The molecular weight excluding hydrogens is 218 g/mol. The Hall–Kier alpha value is -1.88. The molecule has 0 bridgehead atoms. The average molecular weight is 233 g/mol. The molecule has 0 saturated carbocycles. The highest BCUT2D eigenvalue weighted by Gasteiger charge is 2.15. The first-order chi connectivity index (χ1) is 8.11. The molecule has 17 heavy (non-hydrogen) atoms. The van der Waals surface area contributed by atoms with E-state index >= 15 is 0 Å². The summed E-state index contributed by atoms with van der Waals surface area (Å²) >= 11 is 0. The number of amides is 1. The number of rotatable bonds is 3. The number of carbonyl (C=O) groups is 1. The number of fused-ring (bicyclic) bond motifs is 1. The molecule has 5 heteroatoms. The molecule has 1 amide bonds.